The zero-order chi connectivity index (χ0) is 15.5. The van der Waals surface area contributed by atoms with Gasteiger partial charge in [0.15, 0.2) is 5.76 Å². The summed E-state index contributed by atoms with van der Waals surface area (Å²) < 4.78 is 5.25. The van der Waals surface area contributed by atoms with Gasteiger partial charge < -0.3 is 14.5 Å². The molecule has 1 N–H and O–H groups in total. The lowest BCUT2D eigenvalue weighted by molar-refractivity contribution is -0.148. The van der Waals surface area contributed by atoms with Crippen LogP contribution in [0.5, 0.6) is 0 Å². The summed E-state index contributed by atoms with van der Waals surface area (Å²) in [7, 11) is 0. The van der Waals surface area contributed by atoms with E-state index in [-0.39, 0.29) is 12.3 Å². The predicted octanol–water partition coefficient (Wildman–Crippen LogP) is 1.96. The smallest absolute Gasteiger partial charge is 0.326 e. The summed E-state index contributed by atoms with van der Waals surface area (Å²) in [6, 6.07) is 10.5. The fraction of sp³-hybridized carbons (Fsp3) is 0.312. The summed E-state index contributed by atoms with van der Waals surface area (Å²) in [6.07, 6.45) is 1.28. The summed E-state index contributed by atoms with van der Waals surface area (Å²) >= 11 is 0. The number of carbonyl (C=O) groups excluding carboxylic acids is 1. The molecule has 114 valence electrons. The Hall–Kier alpha value is -2.63. The summed E-state index contributed by atoms with van der Waals surface area (Å²) in [5.41, 5.74) is 1.40. The van der Waals surface area contributed by atoms with E-state index in [1.807, 2.05) is 30.3 Å². The molecule has 6 nitrogen and oxygen atoms in total. The zero-order valence-corrected chi connectivity index (χ0v) is 11.9. The first kappa shape index (κ1) is 14.3. The molecule has 1 fully saturated rings. The second-order valence-electron chi connectivity index (χ2n) is 5.31. The summed E-state index contributed by atoms with van der Waals surface area (Å²) in [5, 5.41) is 13.0. The van der Waals surface area contributed by atoms with Crippen LogP contribution in [-0.4, -0.2) is 39.6 Å². The van der Waals surface area contributed by atoms with Gasteiger partial charge in [-0.1, -0.05) is 35.5 Å². The van der Waals surface area contributed by atoms with E-state index in [2.05, 4.69) is 5.16 Å². The Kier molecular flexibility index (Phi) is 3.91. The molecule has 22 heavy (non-hydrogen) atoms. The van der Waals surface area contributed by atoms with Gasteiger partial charge in [-0.3, -0.25) is 4.79 Å². The van der Waals surface area contributed by atoms with Crippen molar-refractivity contribution in [2.75, 3.05) is 6.54 Å². The van der Waals surface area contributed by atoms with E-state index in [9.17, 15) is 9.59 Å². The molecule has 1 aromatic heterocycles. The normalized spacial score (nSPS) is 17.6. The Bertz CT molecular complexity index is 680. The fourth-order valence-electron chi connectivity index (χ4n) is 2.71. The SMILES string of the molecule is O=C(O)[C@@H]1CCCN1C(=O)Cc1cc(-c2ccccc2)on1. The Morgan fingerprint density at radius 3 is 2.82 bits per heavy atom. The molecule has 0 spiro atoms. The molecular formula is C16H16N2O4. The van der Waals surface area contributed by atoms with Crippen molar-refractivity contribution in [3.63, 3.8) is 0 Å². The van der Waals surface area contributed by atoms with Crippen molar-refractivity contribution in [2.24, 2.45) is 0 Å². The topological polar surface area (TPSA) is 83.6 Å². The van der Waals surface area contributed by atoms with Crippen LogP contribution in [0.3, 0.4) is 0 Å². The maximum Gasteiger partial charge on any atom is 0.326 e. The molecule has 1 aliphatic rings. The predicted molar refractivity (Wildman–Crippen MR) is 78.0 cm³/mol. The number of carbonyl (C=O) groups is 2. The molecule has 1 amide bonds. The van der Waals surface area contributed by atoms with Crippen molar-refractivity contribution in [3.8, 4) is 11.3 Å². The molecule has 0 aliphatic carbocycles. The number of carboxylic acids is 1. The highest BCUT2D eigenvalue weighted by Gasteiger charge is 2.34. The van der Waals surface area contributed by atoms with Gasteiger partial charge in [0, 0.05) is 18.2 Å². The fourth-order valence-corrected chi connectivity index (χ4v) is 2.71. The molecule has 1 aliphatic heterocycles. The van der Waals surface area contributed by atoms with Gasteiger partial charge in [0.25, 0.3) is 0 Å². The van der Waals surface area contributed by atoms with E-state index < -0.39 is 12.0 Å². The minimum atomic E-state index is -0.948. The lowest BCUT2D eigenvalue weighted by atomic mass is 10.1. The van der Waals surface area contributed by atoms with Crippen molar-refractivity contribution in [1.82, 2.24) is 10.1 Å². The summed E-state index contributed by atoms with van der Waals surface area (Å²) in [6.45, 7) is 0.485. The molecule has 0 bridgehead atoms. The van der Waals surface area contributed by atoms with E-state index in [0.717, 1.165) is 12.0 Å². The molecule has 0 radical (unpaired) electrons. The number of hydrogen-bond acceptors (Lipinski definition) is 4. The number of likely N-dealkylation sites (tertiary alicyclic amines) is 1. The van der Waals surface area contributed by atoms with Crippen molar-refractivity contribution in [3.05, 3.63) is 42.1 Å². The second-order valence-corrected chi connectivity index (χ2v) is 5.31. The van der Waals surface area contributed by atoms with Crippen LogP contribution >= 0.6 is 0 Å². The summed E-state index contributed by atoms with van der Waals surface area (Å²) in [4.78, 5) is 24.8. The average Bonchev–Trinajstić information content (AvgIpc) is 3.17. The molecule has 3 rings (SSSR count). The highest BCUT2D eigenvalue weighted by molar-refractivity contribution is 5.85. The molecule has 0 saturated carbocycles. The van der Waals surface area contributed by atoms with Crippen molar-refractivity contribution >= 4 is 11.9 Å². The largest absolute Gasteiger partial charge is 0.480 e. The van der Waals surface area contributed by atoms with Crippen LogP contribution < -0.4 is 0 Å². The lowest BCUT2D eigenvalue weighted by Crippen LogP contribution is -2.41. The number of benzene rings is 1. The van der Waals surface area contributed by atoms with Crippen LogP contribution in [-0.2, 0) is 16.0 Å². The lowest BCUT2D eigenvalue weighted by Gasteiger charge is -2.20. The van der Waals surface area contributed by atoms with Gasteiger partial charge in [-0.05, 0) is 12.8 Å². The van der Waals surface area contributed by atoms with Crippen molar-refractivity contribution < 1.29 is 19.2 Å². The van der Waals surface area contributed by atoms with Gasteiger partial charge in [-0.15, -0.1) is 0 Å². The Morgan fingerprint density at radius 1 is 1.32 bits per heavy atom. The maximum absolute atomic E-state index is 12.3. The molecule has 0 unspecified atom stereocenters. The van der Waals surface area contributed by atoms with Gasteiger partial charge in [-0.25, -0.2) is 4.79 Å². The highest BCUT2D eigenvalue weighted by Crippen LogP contribution is 2.22. The van der Waals surface area contributed by atoms with Crippen LogP contribution in [0.25, 0.3) is 11.3 Å². The van der Waals surface area contributed by atoms with Crippen LogP contribution in [0.2, 0.25) is 0 Å². The number of carboxylic acid groups (broad SMARTS) is 1. The van der Waals surface area contributed by atoms with E-state index in [1.54, 1.807) is 6.07 Å². The first-order valence-corrected chi connectivity index (χ1v) is 7.18. The monoisotopic (exact) mass is 300 g/mol. The summed E-state index contributed by atoms with van der Waals surface area (Å²) in [5.74, 6) is -0.576. The van der Waals surface area contributed by atoms with Crippen LogP contribution in [0.15, 0.2) is 40.9 Å². The van der Waals surface area contributed by atoms with Gasteiger partial charge in [0.1, 0.15) is 6.04 Å². The number of hydrogen-bond donors (Lipinski definition) is 1. The minimum absolute atomic E-state index is 0.0557. The third kappa shape index (κ3) is 2.86. The van der Waals surface area contributed by atoms with E-state index >= 15 is 0 Å². The maximum atomic E-state index is 12.3. The minimum Gasteiger partial charge on any atom is -0.480 e. The van der Waals surface area contributed by atoms with Gasteiger partial charge >= 0.3 is 5.97 Å². The molecule has 1 aromatic carbocycles. The van der Waals surface area contributed by atoms with E-state index in [0.29, 0.717) is 24.4 Å². The van der Waals surface area contributed by atoms with Gasteiger partial charge in [-0.2, -0.15) is 0 Å². The van der Waals surface area contributed by atoms with E-state index in [1.165, 1.54) is 4.90 Å². The molecule has 6 heteroatoms. The van der Waals surface area contributed by atoms with Gasteiger partial charge in [0.05, 0.1) is 12.1 Å². The molecule has 1 atom stereocenters. The molecule has 2 aromatic rings. The Balaban J connectivity index is 1.70. The third-order valence-corrected chi connectivity index (χ3v) is 3.81. The van der Waals surface area contributed by atoms with Crippen LogP contribution in [0.1, 0.15) is 18.5 Å². The molecular weight excluding hydrogens is 284 g/mol. The van der Waals surface area contributed by atoms with Crippen molar-refractivity contribution in [2.45, 2.75) is 25.3 Å². The van der Waals surface area contributed by atoms with E-state index in [4.69, 9.17) is 9.63 Å². The van der Waals surface area contributed by atoms with Crippen molar-refractivity contribution in [1.29, 1.82) is 0 Å². The van der Waals surface area contributed by atoms with Crippen LogP contribution in [0, 0.1) is 0 Å². The Labute approximate surface area is 127 Å². The molecule has 1 saturated heterocycles. The number of aliphatic carboxylic acids is 1. The zero-order valence-electron chi connectivity index (χ0n) is 11.9. The van der Waals surface area contributed by atoms with Gasteiger partial charge in [0.2, 0.25) is 5.91 Å². The highest BCUT2D eigenvalue weighted by atomic mass is 16.5. The standard InChI is InChI=1S/C16H16N2O4/c19-15(18-8-4-7-13(18)16(20)21)10-12-9-14(22-17-12)11-5-2-1-3-6-11/h1-3,5-6,9,13H,4,7-8,10H2,(H,20,21)/t13-/m0/s1. The second kappa shape index (κ2) is 6.01. The molecule has 2 heterocycles. The van der Waals surface area contributed by atoms with Crippen LogP contribution in [0.4, 0.5) is 0 Å². The number of aromatic nitrogens is 1. The quantitative estimate of drug-likeness (QED) is 0.933. The first-order chi connectivity index (χ1) is 10.6. The first-order valence-electron chi connectivity index (χ1n) is 7.18. The Morgan fingerprint density at radius 2 is 2.09 bits per heavy atom. The number of nitrogens with zero attached hydrogens (tertiary/aromatic N) is 2. The average molecular weight is 300 g/mol. The third-order valence-electron chi connectivity index (χ3n) is 3.81. The number of amides is 1. The number of rotatable bonds is 4.